The van der Waals surface area contributed by atoms with Crippen molar-refractivity contribution in [3.05, 3.63) is 0 Å². The van der Waals surface area contributed by atoms with Gasteiger partial charge in [0.2, 0.25) is 0 Å². The lowest BCUT2D eigenvalue weighted by atomic mass is 9.97. The van der Waals surface area contributed by atoms with Gasteiger partial charge in [-0.25, -0.2) is 0 Å². The van der Waals surface area contributed by atoms with Crippen LogP contribution < -0.4 is 5.32 Å². The van der Waals surface area contributed by atoms with Crippen LogP contribution in [-0.4, -0.2) is 12.6 Å². The van der Waals surface area contributed by atoms with Gasteiger partial charge in [0.05, 0.1) is 0 Å². The summed E-state index contributed by atoms with van der Waals surface area (Å²) in [5.41, 5.74) is 0. The number of hydrogen-bond acceptors (Lipinski definition) is 1. The van der Waals surface area contributed by atoms with E-state index in [1.165, 1.54) is 38.6 Å². The minimum atomic E-state index is 0.769. The largest absolute Gasteiger partial charge is 0.314 e. The Morgan fingerprint density at radius 2 is 1.77 bits per heavy atom. The molecule has 0 radical (unpaired) electrons. The van der Waals surface area contributed by atoms with Gasteiger partial charge in [0.25, 0.3) is 0 Å². The molecule has 1 nitrogen and oxygen atoms in total. The Hall–Kier alpha value is -0.0400. The highest BCUT2D eigenvalue weighted by molar-refractivity contribution is 4.73. The third kappa shape index (κ3) is 4.12. The normalized spacial score (nSPS) is 32.3. The summed E-state index contributed by atoms with van der Waals surface area (Å²) in [4.78, 5) is 0. The summed E-state index contributed by atoms with van der Waals surface area (Å²) < 4.78 is 0. The SMILES string of the molecule is CC1CCCCC(C(C)C)NCC1. The maximum atomic E-state index is 3.69. The zero-order chi connectivity index (χ0) is 9.68. The van der Waals surface area contributed by atoms with Crippen molar-refractivity contribution in [1.29, 1.82) is 0 Å². The monoisotopic (exact) mass is 183 g/mol. The third-order valence-electron chi connectivity index (χ3n) is 3.31. The van der Waals surface area contributed by atoms with Crippen molar-refractivity contribution in [2.24, 2.45) is 11.8 Å². The van der Waals surface area contributed by atoms with E-state index in [0.29, 0.717) is 0 Å². The molecule has 1 N–H and O–H groups in total. The first kappa shape index (κ1) is 11.0. The molecule has 0 spiro atoms. The van der Waals surface area contributed by atoms with E-state index in [0.717, 1.165) is 17.9 Å². The molecule has 1 fully saturated rings. The highest BCUT2D eigenvalue weighted by atomic mass is 14.9. The summed E-state index contributed by atoms with van der Waals surface area (Å²) >= 11 is 0. The van der Waals surface area contributed by atoms with E-state index in [4.69, 9.17) is 0 Å². The molecule has 1 aliphatic rings. The van der Waals surface area contributed by atoms with E-state index in [1.807, 2.05) is 0 Å². The summed E-state index contributed by atoms with van der Waals surface area (Å²) in [5.74, 6) is 1.73. The Morgan fingerprint density at radius 1 is 1.08 bits per heavy atom. The van der Waals surface area contributed by atoms with Crippen LogP contribution in [0.25, 0.3) is 0 Å². The van der Waals surface area contributed by atoms with E-state index in [-0.39, 0.29) is 0 Å². The Bertz CT molecular complexity index is 131. The predicted octanol–water partition coefficient (Wildman–Crippen LogP) is 3.20. The third-order valence-corrected chi connectivity index (χ3v) is 3.31. The first-order valence-corrected chi connectivity index (χ1v) is 5.93. The van der Waals surface area contributed by atoms with Gasteiger partial charge in [-0.05, 0) is 31.2 Å². The van der Waals surface area contributed by atoms with E-state index in [2.05, 4.69) is 26.1 Å². The molecule has 0 aromatic carbocycles. The molecule has 0 aromatic heterocycles. The van der Waals surface area contributed by atoms with Crippen LogP contribution in [0.5, 0.6) is 0 Å². The highest BCUT2D eigenvalue weighted by Crippen LogP contribution is 2.18. The lowest BCUT2D eigenvalue weighted by Gasteiger charge is -2.21. The zero-order valence-electron chi connectivity index (χ0n) is 9.47. The second-order valence-corrected chi connectivity index (χ2v) is 4.98. The molecule has 0 aromatic rings. The topological polar surface area (TPSA) is 12.0 Å². The summed E-state index contributed by atoms with van der Waals surface area (Å²) in [6, 6.07) is 0.769. The molecule has 1 heterocycles. The van der Waals surface area contributed by atoms with Crippen LogP contribution in [0.15, 0.2) is 0 Å². The van der Waals surface area contributed by atoms with Gasteiger partial charge in [0.1, 0.15) is 0 Å². The molecule has 0 saturated carbocycles. The average molecular weight is 183 g/mol. The summed E-state index contributed by atoms with van der Waals surface area (Å²) in [5, 5.41) is 3.69. The van der Waals surface area contributed by atoms with Crippen molar-refractivity contribution in [3.8, 4) is 0 Å². The average Bonchev–Trinajstić information content (AvgIpc) is 2.16. The minimum Gasteiger partial charge on any atom is -0.314 e. The quantitative estimate of drug-likeness (QED) is 0.658. The molecule has 0 amide bonds. The molecule has 2 atom stereocenters. The Balaban J connectivity index is 2.34. The fourth-order valence-electron chi connectivity index (χ4n) is 2.19. The number of nitrogens with one attached hydrogen (secondary N) is 1. The van der Waals surface area contributed by atoms with Crippen molar-refractivity contribution in [2.75, 3.05) is 6.54 Å². The Kier molecular flexibility index (Phi) is 4.79. The van der Waals surface area contributed by atoms with Crippen LogP contribution in [0.4, 0.5) is 0 Å². The van der Waals surface area contributed by atoms with Gasteiger partial charge < -0.3 is 5.32 Å². The smallest absolute Gasteiger partial charge is 0.00900 e. The number of hydrogen-bond donors (Lipinski definition) is 1. The van der Waals surface area contributed by atoms with Gasteiger partial charge in [-0.3, -0.25) is 0 Å². The van der Waals surface area contributed by atoms with E-state index in [9.17, 15) is 0 Å². The number of rotatable bonds is 1. The summed E-state index contributed by atoms with van der Waals surface area (Å²) in [6.07, 6.45) is 7.03. The summed E-state index contributed by atoms with van der Waals surface area (Å²) in [6.45, 7) is 8.28. The molecule has 1 aliphatic heterocycles. The predicted molar refractivity (Wildman–Crippen MR) is 58.9 cm³/mol. The fraction of sp³-hybridized carbons (Fsp3) is 1.00. The van der Waals surface area contributed by atoms with Crippen molar-refractivity contribution in [1.82, 2.24) is 5.32 Å². The van der Waals surface area contributed by atoms with Crippen molar-refractivity contribution in [2.45, 2.75) is 58.9 Å². The van der Waals surface area contributed by atoms with Gasteiger partial charge in [0, 0.05) is 6.04 Å². The van der Waals surface area contributed by atoms with E-state index >= 15 is 0 Å². The van der Waals surface area contributed by atoms with Crippen LogP contribution >= 0.6 is 0 Å². The van der Waals surface area contributed by atoms with Crippen LogP contribution in [-0.2, 0) is 0 Å². The second-order valence-electron chi connectivity index (χ2n) is 4.98. The van der Waals surface area contributed by atoms with E-state index < -0.39 is 0 Å². The molecule has 0 bridgehead atoms. The first-order chi connectivity index (χ1) is 6.20. The van der Waals surface area contributed by atoms with Crippen LogP contribution in [0.1, 0.15) is 52.9 Å². The van der Waals surface area contributed by atoms with Crippen molar-refractivity contribution in [3.63, 3.8) is 0 Å². The minimum absolute atomic E-state index is 0.769. The zero-order valence-corrected chi connectivity index (χ0v) is 9.47. The van der Waals surface area contributed by atoms with Gasteiger partial charge in [0.15, 0.2) is 0 Å². The second kappa shape index (κ2) is 5.64. The molecule has 1 saturated heterocycles. The van der Waals surface area contributed by atoms with Gasteiger partial charge in [-0.15, -0.1) is 0 Å². The Labute approximate surface area is 83.3 Å². The first-order valence-electron chi connectivity index (χ1n) is 5.93. The molecular weight excluding hydrogens is 158 g/mol. The molecule has 78 valence electrons. The molecule has 1 heteroatoms. The van der Waals surface area contributed by atoms with Crippen LogP contribution in [0, 0.1) is 11.8 Å². The van der Waals surface area contributed by atoms with Crippen LogP contribution in [0.2, 0.25) is 0 Å². The highest BCUT2D eigenvalue weighted by Gasteiger charge is 2.14. The van der Waals surface area contributed by atoms with Gasteiger partial charge in [-0.2, -0.15) is 0 Å². The Morgan fingerprint density at radius 3 is 2.46 bits per heavy atom. The molecule has 0 aliphatic carbocycles. The standard InChI is InChI=1S/C12H25N/c1-10(2)12-7-5-4-6-11(3)8-9-13-12/h10-13H,4-9H2,1-3H3. The fourth-order valence-corrected chi connectivity index (χ4v) is 2.19. The lowest BCUT2D eigenvalue weighted by Crippen LogP contribution is -2.34. The molecular formula is C12H25N. The van der Waals surface area contributed by atoms with Crippen molar-refractivity contribution < 1.29 is 0 Å². The maximum Gasteiger partial charge on any atom is 0.00900 e. The van der Waals surface area contributed by atoms with Crippen LogP contribution in [0.3, 0.4) is 0 Å². The molecule has 1 rings (SSSR count). The van der Waals surface area contributed by atoms with Crippen molar-refractivity contribution >= 4 is 0 Å². The lowest BCUT2D eigenvalue weighted by molar-refractivity contribution is 0.371. The molecule has 2 unspecified atom stereocenters. The molecule has 13 heavy (non-hydrogen) atoms. The summed E-state index contributed by atoms with van der Waals surface area (Å²) in [7, 11) is 0. The van der Waals surface area contributed by atoms with Gasteiger partial charge >= 0.3 is 0 Å². The maximum absolute atomic E-state index is 3.69. The van der Waals surface area contributed by atoms with Gasteiger partial charge in [-0.1, -0.05) is 40.0 Å². The van der Waals surface area contributed by atoms with E-state index in [1.54, 1.807) is 0 Å².